The maximum Gasteiger partial charge on any atom is 0.338 e. The zero-order valence-corrected chi connectivity index (χ0v) is 15.0. The molecule has 2 rings (SSSR count). The van der Waals surface area contributed by atoms with E-state index in [1.807, 2.05) is 38.1 Å². The zero-order chi connectivity index (χ0) is 18.8. The summed E-state index contributed by atoms with van der Waals surface area (Å²) >= 11 is 0. The minimum absolute atomic E-state index is 0.296. The molecular formula is C21H23NO4. The van der Waals surface area contributed by atoms with Gasteiger partial charge >= 0.3 is 5.97 Å². The van der Waals surface area contributed by atoms with Crippen molar-refractivity contribution in [1.82, 2.24) is 0 Å². The highest BCUT2D eigenvalue weighted by molar-refractivity contribution is 6.02. The average Bonchev–Trinajstić information content (AvgIpc) is 2.66. The smallest absolute Gasteiger partial charge is 0.338 e. The second kappa shape index (κ2) is 10.0. The quantitative estimate of drug-likeness (QED) is 0.567. The van der Waals surface area contributed by atoms with E-state index in [0.29, 0.717) is 24.5 Å². The predicted molar refractivity (Wildman–Crippen MR) is 102 cm³/mol. The van der Waals surface area contributed by atoms with Crippen LogP contribution in [-0.2, 0) is 9.53 Å². The van der Waals surface area contributed by atoms with Crippen LogP contribution in [0.5, 0.6) is 5.75 Å². The molecule has 0 fully saturated rings. The van der Waals surface area contributed by atoms with E-state index in [1.165, 1.54) is 6.08 Å². The van der Waals surface area contributed by atoms with Crippen LogP contribution in [0, 0.1) is 0 Å². The Kier molecular flexibility index (Phi) is 7.43. The average molecular weight is 353 g/mol. The summed E-state index contributed by atoms with van der Waals surface area (Å²) in [5, 5.41) is 2.74. The van der Waals surface area contributed by atoms with E-state index in [2.05, 4.69) is 5.32 Å². The number of amides is 1. The third-order valence-electron chi connectivity index (χ3n) is 3.44. The van der Waals surface area contributed by atoms with Crippen molar-refractivity contribution in [1.29, 1.82) is 0 Å². The Morgan fingerprint density at radius 2 is 1.88 bits per heavy atom. The van der Waals surface area contributed by atoms with E-state index < -0.39 is 5.97 Å². The summed E-state index contributed by atoms with van der Waals surface area (Å²) in [6.45, 7) is 4.76. The Labute approximate surface area is 153 Å². The molecule has 1 N–H and O–H groups in total. The second-order valence-electron chi connectivity index (χ2n) is 5.51. The Morgan fingerprint density at radius 3 is 2.65 bits per heavy atom. The number of rotatable bonds is 8. The highest BCUT2D eigenvalue weighted by Crippen LogP contribution is 2.19. The predicted octanol–water partition coefficient (Wildman–Crippen LogP) is 4.30. The van der Waals surface area contributed by atoms with Gasteiger partial charge in [0.2, 0.25) is 5.91 Å². The topological polar surface area (TPSA) is 64.6 Å². The van der Waals surface area contributed by atoms with Crippen molar-refractivity contribution in [2.45, 2.75) is 20.3 Å². The Balaban J connectivity index is 2.03. The monoisotopic (exact) mass is 353 g/mol. The Hall–Kier alpha value is -3.08. The van der Waals surface area contributed by atoms with Crippen LogP contribution >= 0.6 is 0 Å². The first-order valence-electron chi connectivity index (χ1n) is 8.62. The van der Waals surface area contributed by atoms with Gasteiger partial charge < -0.3 is 14.8 Å². The van der Waals surface area contributed by atoms with Gasteiger partial charge in [-0.2, -0.15) is 0 Å². The number of ether oxygens (including phenoxy) is 2. The van der Waals surface area contributed by atoms with Crippen molar-refractivity contribution >= 4 is 23.6 Å². The van der Waals surface area contributed by atoms with Crippen LogP contribution < -0.4 is 10.1 Å². The van der Waals surface area contributed by atoms with Gasteiger partial charge in [0, 0.05) is 17.3 Å². The standard InChI is InChI=1S/C21H23NO4/c1-3-14-26-21(24)17-9-7-10-18(15-17)22-20(23)13-12-16-8-5-6-11-19(16)25-4-2/h5-13,15H,3-4,14H2,1-2H3,(H,22,23)/b13-12+. The van der Waals surface area contributed by atoms with Crippen LogP contribution in [0.15, 0.2) is 54.6 Å². The zero-order valence-electron chi connectivity index (χ0n) is 15.0. The molecule has 0 aliphatic heterocycles. The molecule has 2 aromatic rings. The van der Waals surface area contributed by atoms with Gasteiger partial charge in [-0.05, 0) is 43.7 Å². The Morgan fingerprint density at radius 1 is 1.08 bits per heavy atom. The maximum atomic E-state index is 12.2. The molecule has 26 heavy (non-hydrogen) atoms. The molecule has 5 heteroatoms. The molecule has 0 radical (unpaired) electrons. The van der Waals surface area contributed by atoms with E-state index in [4.69, 9.17) is 9.47 Å². The summed E-state index contributed by atoms with van der Waals surface area (Å²) in [4.78, 5) is 24.0. The molecule has 136 valence electrons. The first kappa shape index (κ1) is 19.2. The summed E-state index contributed by atoms with van der Waals surface area (Å²) in [6.07, 6.45) is 3.88. The number of esters is 1. The molecule has 0 spiro atoms. The van der Waals surface area contributed by atoms with E-state index >= 15 is 0 Å². The van der Waals surface area contributed by atoms with Crippen LogP contribution in [0.2, 0.25) is 0 Å². The van der Waals surface area contributed by atoms with E-state index in [1.54, 1.807) is 30.3 Å². The van der Waals surface area contributed by atoms with Crippen molar-refractivity contribution in [3.63, 3.8) is 0 Å². The first-order valence-corrected chi connectivity index (χ1v) is 8.62. The number of carbonyl (C=O) groups is 2. The normalized spacial score (nSPS) is 10.5. The summed E-state index contributed by atoms with van der Waals surface area (Å²) in [6, 6.07) is 14.2. The number of anilines is 1. The lowest BCUT2D eigenvalue weighted by atomic mass is 10.2. The maximum absolute atomic E-state index is 12.2. The lowest BCUT2D eigenvalue weighted by Gasteiger charge is -2.07. The van der Waals surface area contributed by atoms with Gasteiger partial charge in [0.05, 0.1) is 18.8 Å². The molecule has 0 saturated carbocycles. The van der Waals surface area contributed by atoms with E-state index in [-0.39, 0.29) is 5.91 Å². The summed E-state index contributed by atoms with van der Waals surface area (Å²) in [7, 11) is 0. The number of benzene rings is 2. The Bertz CT molecular complexity index is 783. The van der Waals surface area contributed by atoms with Crippen molar-refractivity contribution in [2.75, 3.05) is 18.5 Å². The molecule has 0 saturated heterocycles. The minimum Gasteiger partial charge on any atom is -0.493 e. The molecule has 0 atom stereocenters. The highest BCUT2D eigenvalue weighted by atomic mass is 16.5. The molecule has 0 aliphatic carbocycles. The summed E-state index contributed by atoms with van der Waals surface area (Å²) < 4.78 is 10.6. The van der Waals surface area contributed by atoms with Crippen LogP contribution in [-0.4, -0.2) is 25.1 Å². The molecule has 0 bridgehead atoms. The summed E-state index contributed by atoms with van der Waals surface area (Å²) in [5.74, 6) is 0.0271. The lowest BCUT2D eigenvalue weighted by Crippen LogP contribution is -2.10. The third-order valence-corrected chi connectivity index (χ3v) is 3.44. The lowest BCUT2D eigenvalue weighted by molar-refractivity contribution is -0.111. The van der Waals surface area contributed by atoms with Gasteiger partial charge in [-0.1, -0.05) is 31.2 Å². The van der Waals surface area contributed by atoms with Crippen molar-refractivity contribution in [2.24, 2.45) is 0 Å². The molecular weight excluding hydrogens is 330 g/mol. The minimum atomic E-state index is -0.399. The van der Waals surface area contributed by atoms with Gasteiger partial charge in [-0.15, -0.1) is 0 Å². The second-order valence-corrected chi connectivity index (χ2v) is 5.51. The van der Waals surface area contributed by atoms with Gasteiger partial charge in [0.15, 0.2) is 0 Å². The van der Waals surface area contributed by atoms with Crippen LogP contribution in [0.25, 0.3) is 6.08 Å². The number of hydrogen-bond donors (Lipinski definition) is 1. The fourth-order valence-electron chi connectivity index (χ4n) is 2.26. The van der Waals surface area contributed by atoms with E-state index in [0.717, 1.165) is 17.7 Å². The van der Waals surface area contributed by atoms with Crippen LogP contribution in [0.3, 0.4) is 0 Å². The fraction of sp³-hybridized carbons (Fsp3) is 0.238. The van der Waals surface area contributed by atoms with Gasteiger partial charge in [-0.25, -0.2) is 4.79 Å². The van der Waals surface area contributed by atoms with Crippen molar-refractivity contribution < 1.29 is 19.1 Å². The molecule has 0 heterocycles. The number of hydrogen-bond acceptors (Lipinski definition) is 4. The highest BCUT2D eigenvalue weighted by Gasteiger charge is 2.08. The van der Waals surface area contributed by atoms with Gasteiger partial charge in [-0.3, -0.25) is 4.79 Å². The number of carbonyl (C=O) groups excluding carboxylic acids is 2. The molecule has 0 aliphatic rings. The van der Waals surface area contributed by atoms with Gasteiger partial charge in [0.25, 0.3) is 0 Å². The van der Waals surface area contributed by atoms with Crippen LogP contribution in [0.1, 0.15) is 36.2 Å². The largest absolute Gasteiger partial charge is 0.493 e. The molecule has 1 amide bonds. The third kappa shape index (κ3) is 5.77. The number of para-hydroxylation sites is 1. The molecule has 5 nitrogen and oxygen atoms in total. The van der Waals surface area contributed by atoms with E-state index in [9.17, 15) is 9.59 Å². The van der Waals surface area contributed by atoms with Crippen molar-refractivity contribution in [3.05, 3.63) is 65.7 Å². The SMILES string of the molecule is CCCOC(=O)c1cccc(NC(=O)/C=C/c2ccccc2OCC)c1. The molecule has 2 aromatic carbocycles. The number of nitrogens with one attached hydrogen (secondary N) is 1. The van der Waals surface area contributed by atoms with Crippen molar-refractivity contribution in [3.8, 4) is 5.75 Å². The fourth-order valence-corrected chi connectivity index (χ4v) is 2.26. The van der Waals surface area contributed by atoms with Gasteiger partial charge in [0.1, 0.15) is 5.75 Å². The first-order chi connectivity index (χ1) is 12.6. The summed E-state index contributed by atoms with van der Waals surface area (Å²) in [5.41, 5.74) is 1.76. The molecule has 0 unspecified atom stereocenters. The van der Waals surface area contributed by atoms with Crippen LogP contribution in [0.4, 0.5) is 5.69 Å². The molecule has 0 aromatic heterocycles.